The molecule has 4 unspecified atom stereocenters. The number of amides is 7. The molecule has 2 aromatic rings. The lowest BCUT2D eigenvalue weighted by Gasteiger charge is -2.23. The first kappa shape index (κ1) is 80.4. The number of carbonyl (C=O) groups is 11. The molecule has 25 nitrogen and oxygen atoms in total. The number of hydrogen-bond donors (Lipinski definition) is 7. The summed E-state index contributed by atoms with van der Waals surface area (Å²) in [7, 11) is 1.39. The average molecular weight is 1270 g/mol. The number of carbonyl (C=O) groups excluding carboxylic acids is 11. The number of rotatable bonds is 47. The SMILES string of the molecule is C=C.COOCCCNC(=O)CCC(=O)C(CC(C)C)NC(=O)C(CC(=O)CNC(=O)OCCOCCCNC(=O)CCC(=O)C(CC(C)C)NC(=O)C(CC(=O)CNC(=O)OCCOCCCNC(=O)OC(C)(C)C)Cc1ccccc1)Cc1ccccc1. The number of benzene rings is 2. The van der Waals surface area contributed by atoms with Gasteiger partial charge in [-0.25, -0.2) is 24.2 Å². The molecule has 0 fully saturated rings. The molecule has 0 aliphatic heterocycles. The molecule has 0 bridgehead atoms. The van der Waals surface area contributed by atoms with E-state index >= 15 is 0 Å². The molecule has 7 amide bonds. The van der Waals surface area contributed by atoms with E-state index in [1.807, 2.05) is 76.2 Å². The van der Waals surface area contributed by atoms with Crippen LogP contribution >= 0.6 is 0 Å². The van der Waals surface area contributed by atoms with Crippen molar-refractivity contribution in [3.8, 4) is 0 Å². The topological polar surface area (TPSA) is 337 Å². The molecule has 0 aliphatic rings. The van der Waals surface area contributed by atoms with E-state index < -0.39 is 84.3 Å². The molecule has 0 aliphatic carbocycles. The first-order valence-corrected chi connectivity index (χ1v) is 30.8. The van der Waals surface area contributed by atoms with E-state index in [0.29, 0.717) is 58.4 Å². The quantitative estimate of drug-likeness (QED) is 0.0128. The predicted octanol–water partition coefficient (Wildman–Crippen LogP) is 6.18. The van der Waals surface area contributed by atoms with Crippen molar-refractivity contribution in [3.63, 3.8) is 0 Å². The summed E-state index contributed by atoms with van der Waals surface area (Å²) in [6.07, 6.45) is -0.759. The van der Waals surface area contributed by atoms with Crippen molar-refractivity contribution in [1.29, 1.82) is 0 Å². The van der Waals surface area contributed by atoms with Gasteiger partial charge in [0.1, 0.15) is 18.8 Å². The Balaban J connectivity index is 0.0000200. The molecule has 504 valence electrons. The lowest BCUT2D eigenvalue weighted by molar-refractivity contribution is -0.272. The number of hydrogen-bond acceptors (Lipinski definition) is 18. The van der Waals surface area contributed by atoms with Gasteiger partial charge in [0.25, 0.3) is 0 Å². The zero-order chi connectivity index (χ0) is 67.1. The molecule has 2 rings (SSSR count). The van der Waals surface area contributed by atoms with Crippen LogP contribution in [0, 0.1) is 23.7 Å². The molecule has 2 aromatic carbocycles. The fraction of sp³-hybridized carbons (Fsp3) is 0.615. The van der Waals surface area contributed by atoms with Gasteiger partial charge in [0, 0.05) is 83.2 Å². The summed E-state index contributed by atoms with van der Waals surface area (Å²) in [5.74, 6) is -5.00. The zero-order valence-corrected chi connectivity index (χ0v) is 54.2. The Morgan fingerprint density at radius 2 is 0.867 bits per heavy atom. The normalized spacial score (nSPS) is 12.3. The van der Waals surface area contributed by atoms with Crippen molar-refractivity contribution >= 4 is 65.0 Å². The van der Waals surface area contributed by atoms with Gasteiger partial charge in [0.2, 0.25) is 23.6 Å². The lowest BCUT2D eigenvalue weighted by atomic mass is 9.91. The highest BCUT2D eigenvalue weighted by atomic mass is 17.2. The second kappa shape index (κ2) is 48.3. The molecule has 0 heterocycles. The van der Waals surface area contributed by atoms with Crippen LogP contribution in [0.15, 0.2) is 73.8 Å². The van der Waals surface area contributed by atoms with E-state index in [-0.39, 0.29) is 126 Å². The van der Waals surface area contributed by atoms with E-state index in [4.69, 9.17) is 28.6 Å². The Bertz CT molecular complexity index is 2460. The van der Waals surface area contributed by atoms with E-state index in [1.54, 1.807) is 32.9 Å². The van der Waals surface area contributed by atoms with Crippen LogP contribution in [0.5, 0.6) is 0 Å². The molecule has 0 spiro atoms. The van der Waals surface area contributed by atoms with Crippen LogP contribution in [0.2, 0.25) is 0 Å². The highest BCUT2D eigenvalue weighted by Gasteiger charge is 2.31. The minimum atomic E-state index is -0.926. The summed E-state index contributed by atoms with van der Waals surface area (Å²) in [6, 6.07) is 16.3. The third-order valence-electron chi connectivity index (χ3n) is 12.9. The number of ketones is 4. The third-order valence-corrected chi connectivity index (χ3v) is 12.9. The lowest BCUT2D eigenvalue weighted by Crippen LogP contribution is -2.46. The fourth-order valence-corrected chi connectivity index (χ4v) is 8.63. The van der Waals surface area contributed by atoms with Crippen molar-refractivity contribution in [1.82, 2.24) is 37.2 Å². The van der Waals surface area contributed by atoms with Gasteiger partial charge in [0.05, 0.1) is 52.1 Å². The first-order chi connectivity index (χ1) is 42.9. The smallest absolute Gasteiger partial charge is 0.407 e. The monoisotopic (exact) mass is 1270 g/mol. The van der Waals surface area contributed by atoms with E-state index in [1.165, 1.54) is 7.11 Å². The molecule has 0 saturated carbocycles. The largest absolute Gasteiger partial charge is 0.447 e. The summed E-state index contributed by atoms with van der Waals surface area (Å²) in [5, 5.41) is 18.6. The van der Waals surface area contributed by atoms with Crippen LogP contribution in [0.25, 0.3) is 0 Å². The highest BCUT2D eigenvalue weighted by molar-refractivity contribution is 5.95. The number of nitrogens with one attached hydrogen (secondary N) is 7. The second-order valence-electron chi connectivity index (χ2n) is 23.0. The molecule has 0 radical (unpaired) electrons. The van der Waals surface area contributed by atoms with Crippen LogP contribution in [0.3, 0.4) is 0 Å². The van der Waals surface area contributed by atoms with Gasteiger partial charge in [-0.1, -0.05) is 88.4 Å². The molecule has 7 N–H and O–H groups in total. The molecule has 4 atom stereocenters. The van der Waals surface area contributed by atoms with E-state index in [2.05, 4.69) is 55.3 Å². The van der Waals surface area contributed by atoms with E-state index in [0.717, 1.165) is 11.1 Å². The van der Waals surface area contributed by atoms with Gasteiger partial charge in [-0.15, -0.1) is 13.2 Å². The van der Waals surface area contributed by atoms with Crippen LogP contribution in [-0.4, -0.2) is 169 Å². The average Bonchev–Trinajstić information content (AvgIpc) is 3.64. The maximum Gasteiger partial charge on any atom is 0.407 e. The van der Waals surface area contributed by atoms with Crippen molar-refractivity contribution in [2.75, 3.05) is 86.1 Å². The minimum absolute atomic E-state index is 0.00726. The maximum absolute atomic E-state index is 13.9. The Hall–Kier alpha value is -7.61. The van der Waals surface area contributed by atoms with Crippen molar-refractivity contribution in [3.05, 3.63) is 84.9 Å². The molecule has 25 heteroatoms. The molecule has 0 saturated heterocycles. The Labute approximate surface area is 530 Å². The third kappa shape index (κ3) is 41.6. The summed E-state index contributed by atoms with van der Waals surface area (Å²) in [5.41, 5.74) is 0.971. The zero-order valence-electron chi connectivity index (χ0n) is 54.2. The minimum Gasteiger partial charge on any atom is -0.447 e. The van der Waals surface area contributed by atoms with Gasteiger partial charge in [0.15, 0.2) is 23.1 Å². The van der Waals surface area contributed by atoms with Crippen molar-refractivity contribution in [2.24, 2.45) is 23.7 Å². The van der Waals surface area contributed by atoms with Crippen molar-refractivity contribution in [2.45, 2.75) is 150 Å². The number of ether oxygens (including phenoxy) is 5. The Kier molecular flexibility index (Phi) is 43.1. The maximum atomic E-state index is 13.9. The summed E-state index contributed by atoms with van der Waals surface area (Å²) < 4.78 is 26.4. The number of alkyl carbamates (subject to hydrolysis) is 3. The Morgan fingerprint density at radius 3 is 1.24 bits per heavy atom. The van der Waals surface area contributed by atoms with E-state index in [9.17, 15) is 52.7 Å². The van der Waals surface area contributed by atoms with Gasteiger partial charge in [-0.3, -0.25) is 38.4 Å². The van der Waals surface area contributed by atoms with Gasteiger partial charge in [-0.05, 0) is 88.7 Å². The van der Waals surface area contributed by atoms with Crippen LogP contribution in [0.4, 0.5) is 14.4 Å². The second-order valence-corrected chi connectivity index (χ2v) is 23.0. The summed E-state index contributed by atoms with van der Waals surface area (Å²) in [4.78, 5) is 152. The predicted molar refractivity (Wildman–Crippen MR) is 336 cm³/mol. The van der Waals surface area contributed by atoms with Crippen LogP contribution in [-0.2, 0) is 84.7 Å². The highest BCUT2D eigenvalue weighted by Crippen LogP contribution is 2.19. The standard InChI is InChI=1S/C63H97N7O18.C2H4/c1-44(2)36-52(69-58(77)48(38-46-18-11-9-12-19-46)40-51(72)43-68-61(80)86-35-33-84-30-16-28-66-62(81)88-63(5,6)7)54(73)22-24-56(75)64-26-15-29-83-32-34-85-60(79)67-42-50(71)41-49(39-47-20-13-10-14-21-47)59(78)70-53(37-45(3)4)55(74)23-25-57(76)65-27-17-31-87-82-8;1-2/h9-14,18-21,44-45,48-49,52-53H,15-17,22-43H2,1-8H3,(H,64,75)(H,65,76)(H,66,81)(H,67,79)(H,68,80)(H,69,77)(H,70,78);1-2H2. The molecular weight excluding hydrogens is 1170 g/mol. The first-order valence-electron chi connectivity index (χ1n) is 30.8. The summed E-state index contributed by atoms with van der Waals surface area (Å²) in [6.45, 7) is 19.6. The van der Waals surface area contributed by atoms with Gasteiger partial charge >= 0.3 is 18.3 Å². The molecule has 90 heavy (non-hydrogen) atoms. The molecule has 0 aromatic heterocycles. The van der Waals surface area contributed by atoms with Crippen LogP contribution < -0.4 is 37.2 Å². The molecular formula is C65H101N7O18. The number of Topliss-reactive ketones (excluding diaryl/α,β-unsaturated/α-hetero) is 4. The van der Waals surface area contributed by atoms with Crippen LogP contribution in [0.1, 0.15) is 130 Å². The fourth-order valence-electron chi connectivity index (χ4n) is 8.63. The van der Waals surface area contributed by atoms with Crippen molar-refractivity contribution < 1.29 is 86.2 Å². The van der Waals surface area contributed by atoms with Gasteiger partial charge < -0.3 is 60.9 Å². The van der Waals surface area contributed by atoms with Gasteiger partial charge in [-0.2, -0.15) is 0 Å². The Morgan fingerprint density at radius 1 is 0.478 bits per heavy atom. The summed E-state index contributed by atoms with van der Waals surface area (Å²) >= 11 is 0.